The van der Waals surface area contributed by atoms with Gasteiger partial charge in [-0.3, -0.25) is 9.59 Å². The first kappa shape index (κ1) is 10.4. The molecule has 1 fully saturated rings. The summed E-state index contributed by atoms with van der Waals surface area (Å²) in [4.78, 5) is 21.4. The fraction of sp³-hybridized carbons (Fsp3) is 0.750. The molecule has 74 valence electrons. The van der Waals surface area contributed by atoms with E-state index >= 15 is 0 Å². The van der Waals surface area contributed by atoms with Crippen molar-refractivity contribution in [2.45, 2.75) is 38.1 Å². The molecule has 1 saturated carbocycles. The van der Waals surface area contributed by atoms with Gasteiger partial charge in [-0.25, -0.2) is 0 Å². The van der Waals surface area contributed by atoms with Gasteiger partial charge >= 0.3 is 0 Å². The number of carbonyl (C=O) groups is 2. The van der Waals surface area contributed by atoms with Gasteiger partial charge in [0.25, 0.3) is 10.5 Å². The van der Waals surface area contributed by atoms with Gasteiger partial charge < -0.3 is 11.1 Å². The largest absolute Gasteiger partial charge is 0.360 e. The molecule has 13 heavy (non-hydrogen) atoms. The molecular formula is C8H14N2O2S. The molecule has 0 aromatic heterocycles. The molecule has 0 heterocycles. The van der Waals surface area contributed by atoms with E-state index < -0.39 is 5.24 Å². The first-order valence-corrected chi connectivity index (χ1v) is 5.28. The zero-order valence-corrected chi connectivity index (χ0v) is 8.23. The van der Waals surface area contributed by atoms with Crippen LogP contribution in [0.4, 0.5) is 9.59 Å². The van der Waals surface area contributed by atoms with Gasteiger partial charge in [0.15, 0.2) is 0 Å². The average molecular weight is 202 g/mol. The van der Waals surface area contributed by atoms with Crippen molar-refractivity contribution in [2.24, 2.45) is 5.73 Å². The Kier molecular flexibility index (Phi) is 4.08. The molecule has 0 saturated heterocycles. The molecule has 0 radical (unpaired) electrons. The first-order valence-electron chi connectivity index (χ1n) is 4.46. The maximum absolute atomic E-state index is 11.1. The van der Waals surface area contributed by atoms with Crippen molar-refractivity contribution in [3.63, 3.8) is 0 Å². The average Bonchev–Trinajstić information content (AvgIpc) is 2.04. The number of nitrogens with two attached hydrogens (primary N) is 1. The summed E-state index contributed by atoms with van der Waals surface area (Å²) in [7, 11) is 0. The molecule has 0 bridgehead atoms. The highest BCUT2D eigenvalue weighted by molar-refractivity contribution is 8.25. The van der Waals surface area contributed by atoms with Crippen molar-refractivity contribution in [3.8, 4) is 0 Å². The zero-order chi connectivity index (χ0) is 9.68. The van der Waals surface area contributed by atoms with Crippen molar-refractivity contribution < 1.29 is 9.59 Å². The highest BCUT2D eigenvalue weighted by Gasteiger charge is 2.16. The van der Waals surface area contributed by atoms with E-state index in [-0.39, 0.29) is 11.3 Å². The smallest absolute Gasteiger partial charge is 0.288 e. The molecule has 0 atom stereocenters. The van der Waals surface area contributed by atoms with Gasteiger partial charge in [-0.1, -0.05) is 19.3 Å². The highest BCUT2D eigenvalue weighted by atomic mass is 32.2. The van der Waals surface area contributed by atoms with Gasteiger partial charge in [0.2, 0.25) is 0 Å². The number of thioether (sulfide) groups is 1. The molecule has 1 aliphatic rings. The Labute approximate surface area is 81.6 Å². The van der Waals surface area contributed by atoms with Crippen molar-refractivity contribution in [1.82, 2.24) is 5.32 Å². The third-order valence-electron chi connectivity index (χ3n) is 2.12. The molecule has 0 aliphatic heterocycles. The number of amides is 2. The molecule has 0 aromatic rings. The first-order chi connectivity index (χ1) is 6.18. The summed E-state index contributed by atoms with van der Waals surface area (Å²) in [5.41, 5.74) is 4.86. The van der Waals surface area contributed by atoms with Crippen LogP contribution in [-0.4, -0.2) is 16.5 Å². The van der Waals surface area contributed by atoms with Gasteiger partial charge in [-0.05, 0) is 12.8 Å². The van der Waals surface area contributed by atoms with Crippen LogP contribution < -0.4 is 11.1 Å². The quantitative estimate of drug-likeness (QED) is 0.681. The lowest BCUT2D eigenvalue weighted by Crippen LogP contribution is -2.34. The van der Waals surface area contributed by atoms with Gasteiger partial charge in [-0.2, -0.15) is 0 Å². The number of hydrogen-bond acceptors (Lipinski definition) is 3. The van der Waals surface area contributed by atoms with E-state index in [1.165, 1.54) is 6.42 Å². The second-order valence-electron chi connectivity index (χ2n) is 3.19. The maximum Gasteiger partial charge on any atom is 0.288 e. The minimum Gasteiger partial charge on any atom is -0.360 e. The summed E-state index contributed by atoms with van der Waals surface area (Å²) in [6.07, 6.45) is 5.60. The Hall–Kier alpha value is -0.710. The van der Waals surface area contributed by atoms with E-state index in [1.54, 1.807) is 0 Å². The number of primary amides is 1. The van der Waals surface area contributed by atoms with Crippen molar-refractivity contribution in [3.05, 3.63) is 0 Å². The predicted molar refractivity (Wildman–Crippen MR) is 52.6 cm³/mol. The number of carbonyl (C=O) groups excluding carboxylic acids is 2. The fourth-order valence-electron chi connectivity index (χ4n) is 1.53. The van der Waals surface area contributed by atoms with E-state index in [0.29, 0.717) is 11.8 Å². The van der Waals surface area contributed by atoms with Gasteiger partial charge in [-0.15, -0.1) is 0 Å². The predicted octanol–water partition coefficient (Wildman–Crippen LogP) is 1.84. The summed E-state index contributed by atoms with van der Waals surface area (Å²) < 4.78 is 0. The SMILES string of the molecule is NC(=O)SC(=O)NC1CCCCC1. The lowest BCUT2D eigenvalue weighted by atomic mass is 9.96. The normalized spacial score (nSPS) is 18.2. The monoisotopic (exact) mass is 202 g/mol. The Morgan fingerprint density at radius 1 is 1.23 bits per heavy atom. The van der Waals surface area contributed by atoms with Gasteiger partial charge in [0.1, 0.15) is 0 Å². The van der Waals surface area contributed by atoms with E-state index in [1.807, 2.05) is 0 Å². The lowest BCUT2D eigenvalue weighted by molar-refractivity contribution is 0.252. The van der Waals surface area contributed by atoms with Gasteiger partial charge in [0.05, 0.1) is 0 Å². The van der Waals surface area contributed by atoms with Crippen LogP contribution in [0.5, 0.6) is 0 Å². The van der Waals surface area contributed by atoms with E-state index in [9.17, 15) is 9.59 Å². The summed E-state index contributed by atoms with van der Waals surface area (Å²) in [5.74, 6) is 0. The second kappa shape index (κ2) is 5.11. The van der Waals surface area contributed by atoms with Crippen LogP contribution in [0.3, 0.4) is 0 Å². The third-order valence-corrected chi connectivity index (χ3v) is 2.62. The Balaban J connectivity index is 2.22. The van der Waals surface area contributed by atoms with Crippen LogP contribution in [0.25, 0.3) is 0 Å². The van der Waals surface area contributed by atoms with Crippen LogP contribution in [0.15, 0.2) is 0 Å². The molecule has 1 aliphatic carbocycles. The fourth-order valence-corrected chi connectivity index (χ4v) is 1.94. The second-order valence-corrected chi connectivity index (χ2v) is 4.17. The molecule has 0 aromatic carbocycles. The number of rotatable bonds is 1. The molecule has 4 nitrogen and oxygen atoms in total. The van der Waals surface area contributed by atoms with Crippen molar-refractivity contribution in [1.29, 1.82) is 0 Å². The maximum atomic E-state index is 11.1. The Morgan fingerprint density at radius 3 is 2.38 bits per heavy atom. The molecule has 1 rings (SSSR count). The van der Waals surface area contributed by atoms with Crippen LogP contribution in [0, 0.1) is 0 Å². The molecule has 3 N–H and O–H groups in total. The van der Waals surface area contributed by atoms with Crippen LogP contribution in [0.2, 0.25) is 0 Å². The molecule has 0 unspecified atom stereocenters. The summed E-state index contributed by atoms with van der Waals surface area (Å²) in [5, 5.41) is 1.81. The Morgan fingerprint density at radius 2 is 1.85 bits per heavy atom. The Bertz CT molecular complexity index is 202. The molecule has 5 heteroatoms. The summed E-state index contributed by atoms with van der Waals surface area (Å²) >= 11 is 0.537. The highest BCUT2D eigenvalue weighted by Crippen LogP contribution is 2.18. The minimum absolute atomic E-state index is 0.244. The van der Waals surface area contributed by atoms with Crippen molar-refractivity contribution >= 4 is 22.2 Å². The van der Waals surface area contributed by atoms with Crippen LogP contribution in [-0.2, 0) is 0 Å². The molecule has 0 spiro atoms. The van der Waals surface area contributed by atoms with E-state index in [2.05, 4.69) is 5.32 Å². The summed E-state index contributed by atoms with van der Waals surface area (Å²) in [6, 6.07) is 0.244. The lowest BCUT2D eigenvalue weighted by Gasteiger charge is -2.21. The van der Waals surface area contributed by atoms with Crippen LogP contribution >= 0.6 is 11.8 Å². The van der Waals surface area contributed by atoms with Gasteiger partial charge in [0, 0.05) is 17.8 Å². The minimum atomic E-state index is -0.645. The number of nitrogens with one attached hydrogen (secondary N) is 1. The van der Waals surface area contributed by atoms with E-state index in [0.717, 1.165) is 25.7 Å². The molecular weight excluding hydrogens is 188 g/mol. The zero-order valence-electron chi connectivity index (χ0n) is 7.41. The standard InChI is InChI=1S/C8H14N2O2S/c9-7(11)13-8(12)10-6-4-2-1-3-5-6/h6H,1-5H2,(H2,9,11)(H,10,12). The van der Waals surface area contributed by atoms with E-state index in [4.69, 9.17) is 5.73 Å². The number of hydrogen-bond donors (Lipinski definition) is 2. The third kappa shape index (κ3) is 4.17. The van der Waals surface area contributed by atoms with Crippen molar-refractivity contribution in [2.75, 3.05) is 0 Å². The molecule has 2 amide bonds. The summed E-state index contributed by atoms with van der Waals surface area (Å²) in [6.45, 7) is 0. The topological polar surface area (TPSA) is 72.2 Å². The van der Waals surface area contributed by atoms with Crippen LogP contribution in [0.1, 0.15) is 32.1 Å².